The summed E-state index contributed by atoms with van der Waals surface area (Å²) >= 11 is 0. The SMILES string of the molecule is CN1C(=O)c2cccc3c(N4c5ccccc5C5(c6ccccc6-c6ccccc65)c5ccccc54)ccc(c23)C1=O. The number of benzene rings is 6. The second-order valence-corrected chi connectivity index (χ2v) is 11.2. The van der Waals surface area contributed by atoms with Crippen molar-refractivity contribution in [1.29, 1.82) is 0 Å². The van der Waals surface area contributed by atoms with Crippen molar-refractivity contribution in [3.05, 3.63) is 161 Å². The molecule has 2 amide bonds. The van der Waals surface area contributed by atoms with Crippen molar-refractivity contribution in [2.24, 2.45) is 0 Å². The third kappa shape index (κ3) is 2.63. The Hall–Kier alpha value is -5.48. The summed E-state index contributed by atoms with van der Waals surface area (Å²) < 4.78 is 0. The lowest BCUT2D eigenvalue weighted by Gasteiger charge is -2.45. The molecule has 2 aliphatic heterocycles. The maximum Gasteiger partial charge on any atom is 0.261 e. The highest BCUT2D eigenvalue weighted by molar-refractivity contribution is 6.27. The Balaban J connectivity index is 1.41. The van der Waals surface area contributed by atoms with Gasteiger partial charge in [-0.25, -0.2) is 0 Å². The maximum absolute atomic E-state index is 13.2. The van der Waals surface area contributed by atoms with Crippen molar-refractivity contribution in [3.8, 4) is 11.1 Å². The topological polar surface area (TPSA) is 40.6 Å². The molecule has 0 fully saturated rings. The number of nitrogens with zero attached hydrogens (tertiary/aromatic N) is 2. The summed E-state index contributed by atoms with van der Waals surface area (Å²) in [6.07, 6.45) is 0. The van der Waals surface area contributed by atoms with E-state index < -0.39 is 5.41 Å². The van der Waals surface area contributed by atoms with Crippen LogP contribution in [0.1, 0.15) is 43.0 Å². The number of hydrogen-bond donors (Lipinski definition) is 0. The summed E-state index contributed by atoms with van der Waals surface area (Å²) in [5.74, 6) is -0.541. The van der Waals surface area contributed by atoms with Crippen LogP contribution in [0.25, 0.3) is 21.9 Å². The van der Waals surface area contributed by atoms with Gasteiger partial charge in [-0.3, -0.25) is 14.5 Å². The van der Waals surface area contributed by atoms with Crippen LogP contribution < -0.4 is 4.90 Å². The van der Waals surface area contributed by atoms with Gasteiger partial charge in [-0.2, -0.15) is 0 Å². The molecule has 0 saturated carbocycles. The normalized spacial score (nSPS) is 15.5. The molecule has 6 aromatic rings. The first-order valence-corrected chi connectivity index (χ1v) is 14.2. The summed E-state index contributed by atoms with van der Waals surface area (Å²) in [5.41, 5.74) is 11.2. The Morgan fingerprint density at radius 3 is 1.52 bits per heavy atom. The number of anilines is 3. The van der Waals surface area contributed by atoms with Gasteiger partial charge in [0.15, 0.2) is 0 Å². The molecule has 0 saturated heterocycles. The average Bonchev–Trinajstić information content (AvgIpc) is 3.34. The fourth-order valence-electron chi connectivity index (χ4n) is 7.72. The Morgan fingerprint density at radius 1 is 0.452 bits per heavy atom. The van der Waals surface area contributed by atoms with Crippen LogP contribution in [0.15, 0.2) is 127 Å². The van der Waals surface area contributed by atoms with Crippen molar-refractivity contribution in [1.82, 2.24) is 4.90 Å². The Kier molecular flexibility index (Phi) is 4.45. The van der Waals surface area contributed by atoms with Gasteiger partial charge in [0.05, 0.1) is 22.5 Å². The van der Waals surface area contributed by atoms with Crippen molar-refractivity contribution < 1.29 is 9.59 Å². The van der Waals surface area contributed by atoms with E-state index in [1.54, 1.807) is 7.05 Å². The molecule has 0 N–H and O–H groups in total. The summed E-state index contributed by atoms with van der Waals surface area (Å²) in [6.45, 7) is 0. The number of amides is 2. The average molecular weight is 541 g/mol. The summed E-state index contributed by atoms with van der Waals surface area (Å²) in [4.78, 5) is 29.9. The van der Waals surface area contributed by atoms with Gasteiger partial charge < -0.3 is 4.90 Å². The highest BCUT2D eigenvalue weighted by Crippen LogP contribution is 2.63. The number of carbonyl (C=O) groups is 2. The van der Waals surface area contributed by atoms with Gasteiger partial charge in [0, 0.05) is 28.9 Å². The molecule has 1 aliphatic carbocycles. The van der Waals surface area contributed by atoms with Crippen LogP contribution in [0.2, 0.25) is 0 Å². The van der Waals surface area contributed by atoms with E-state index in [-0.39, 0.29) is 11.8 Å². The van der Waals surface area contributed by atoms with Crippen molar-refractivity contribution in [2.45, 2.75) is 5.41 Å². The Morgan fingerprint density at radius 2 is 0.929 bits per heavy atom. The van der Waals surface area contributed by atoms with Gasteiger partial charge in [0.25, 0.3) is 11.8 Å². The maximum atomic E-state index is 13.2. The highest BCUT2D eigenvalue weighted by Gasteiger charge is 2.51. The fourth-order valence-corrected chi connectivity index (χ4v) is 7.72. The standard InChI is InChI=1S/C38H24N2O2/c1-39-36(41)26-14-10-13-25-32(22-21-27(35(25)26)37(39)42)40-33-19-8-6-17-30(33)38(31-18-7-9-20-34(31)40)28-15-4-2-11-23(28)24-12-3-5-16-29(24)38/h2-22H,1H3. The Bertz CT molecular complexity index is 2060. The fraction of sp³-hybridized carbons (Fsp3) is 0.0526. The van der Waals surface area contributed by atoms with Crippen LogP contribution >= 0.6 is 0 Å². The molecule has 4 nitrogen and oxygen atoms in total. The molecule has 0 bridgehead atoms. The molecule has 1 spiro atoms. The number of hydrogen-bond acceptors (Lipinski definition) is 3. The molecule has 4 heteroatoms. The van der Waals surface area contributed by atoms with Gasteiger partial charge in [0.2, 0.25) is 0 Å². The van der Waals surface area contributed by atoms with E-state index >= 15 is 0 Å². The smallest absolute Gasteiger partial charge is 0.261 e. The number of para-hydroxylation sites is 2. The molecule has 0 unspecified atom stereocenters. The largest absolute Gasteiger partial charge is 0.309 e. The number of carbonyl (C=O) groups excluding carboxylic acids is 2. The highest BCUT2D eigenvalue weighted by atomic mass is 16.2. The lowest BCUT2D eigenvalue weighted by atomic mass is 9.64. The summed E-state index contributed by atoms with van der Waals surface area (Å²) in [6, 6.07) is 44.5. The van der Waals surface area contributed by atoms with E-state index in [9.17, 15) is 9.59 Å². The van der Waals surface area contributed by atoms with Crippen LogP contribution in [0, 0.1) is 0 Å². The van der Waals surface area contributed by atoms with Gasteiger partial charge in [0.1, 0.15) is 0 Å². The lowest BCUT2D eigenvalue weighted by Crippen LogP contribution is -2.37. The molecular weight excluding hydrogens is 516 g/mol. The minimum absolute atomic E-state index is 0.271. The third-order valence-electron chi connectivity index (χ3n) is 9.38. The summed E-state index contributed by atoms with van der Waals surface area (Å²) in [5, 5.41) is 1.60. The van der Waals surface area contributed by atoms with Crippen molar-refractivity contribution in [2.75, 3.05) is 11.9 Å². The zero-order chi connectivity index (χ0) is 28.2. The first-order valence-electron chi connectivity index (χ1n) is 14.2. The first kappa shape index (κ1) is 23.2. The van der Waals surface area contributed by atoms with Crippen molar-refractivity contribution in [3.63, 3.8) is 0 Å². The number of fused-ring (bicyclic) bond motifs is 9. The van der Waals surface area contributed by atoms with Crippen LogP contribution in [0.4, 0.5) is 17.1 Å². The van der Waals surface area contributed by atoms with Crippen LogP contribution in [0.5, 0.6) is 0 Å². The van der Waals surface area contributed by atoms with Crippen LogP contribution in [-0.4, -0.2) is 23.8 Å². The predicted molar refractivity (Wildman–Crippen MR) is 166 cm³/mol. The quantitative estimate of drug-likeness (QED) is 0.197. The van der Waals surface area contributed by atoms with Crippen molar-refractivity contribution >= 4 is 39.6 Å². The van der Waals surface area contributed by atoms with E-state index in [1.807, 2.05) is 30.3 Å². The molecule has 42 heavy (non-hydrogen) atoms. The minimum Gasteiger partial charge on any atom is -0.309 e. The minimum atomic E-state index is -0.488. The molecule has 9 rings (SSSR count). The third-order valence-corrected chi connectivity index (χ3v) is 9.38. The zero-order valence-electron chi connectivity index (χ0n) is 22.8. The van der Waals surface area contributed by atoms with E-state index in [0.717, 1.165) is 27.8 Å². The number of imide groups is 1. The predicted octanol–water partition coefficient (Wildman–Crippen LogP) is 8.21. The molecule has 2 heterocycles. The molecule has 0 atom stereocenters. The molecule has 6 aromatic carbocycles. The second kappa shape index (κ2) is 8.05. The lowest BCUT2D eigenvalue weighted by molar-refractivity contribution is 0.0650. The molecule has 0 radical (unpaired) electrons. The van der Waals surface area contributed by atoms with E-state index in [1.165, 1.54) is 38.3 Å². The van der Waals surface area contributed by atoms with E-state index in [4.69, 9.17) is 0 Å². The molecule has 0 aromatic heterocycles. The second-order valence-electron chi connectivity index (χ2n) is 11.2. The van der Waals surface area contributed by atoms with E-state index in [2.05, 4.69) is 102 Å². The summed E-state index contributed by atoms with van der Waals surface area (Å²) in [7, 11) is 1.55. The first-order chi connectivity index (χ1) is 20.6. The van der Waals surface area contributed by atoms with E-state index in [0.29, 0.717) is 11.1 Å². The molecule has 3 aliphatic rings. The van der Waals surface area contributed by atoms with Gasteiger partial charge in [-0.1, -0.05) is 97.1 Å². The molecular formula is C38H24N2O2. The van der Waals surface area contributed by atoms with Crippen LogP contribution in [-0.2, 0) is 5.41 Å². The van der Waals surface area contributed by atoms with Crippen LogP contribution in [0.3, 0.4) is 0 Å². The Labute approximate surface area is 243 Å². The zero-order valence-corrected chi connectivity index (χ0v) is 22.8. The van der Waals surface area contributed by atoms with Gasteiger partial charge >= 0.3 is 0 Å². The number of rotatable bonds is 1. The molecule has 198 valence electrons. The van der Waals surface area contributed by atoms with Gasteiger partial charge in [-0.05, 0) is 63.7 Å². The van der Waals surface area contributed by atoms with Gasteiger partial charge in [-0.15, -0.1) is 0 Å². The monoisotopic (exact) mass is 540 g/mol.